The van der Waals surface area contributed by atoms with Gasteiger partial charge in [0.15, 0.2) is 0 Å². The Morgan fingerprint density at radius 3 is 2.25 bits per heavy atom. The summed E-state index contributed by atoms with van der Waals surface area (Å²) in [5.41, 5.74) is 0.0465. The van der Waals surface area contributed by atoms with Crippen LogP contribution in [0.15, 0.2) is 0 Å². The molecule has 1 aliphatic rings. The summed E-state index contributed by atoms with van der Waals surface area (Å²) in [6.45, 7) is 6.13. The second-order valence-electron chi connectivity index (χ2n) is 4.51. The zero-order valence-corrected chi connectivity index (χ0v) is 7.95. The summed E-state index contributed by atoms with van der Waals surface area (Å²) in [6, 6.07) is 0. The van der Waals surface area contributed by atoms with E-state index in [1.54, 1.807) is 0 Å². The number of hydrogen-bond donors (Lipinski definition) is 2. The Morgan fingerprint density at radius 1 is 1.42 bits per heavy atom. The highest BCUT2D eigenvalue weighted by atomic mass is 16.5. The average Bonchev–Trinajstić information content (AvgIpc) is 2.29. The van der Waals surface area contributed by atoms with Crippen molar-refractivity contribution < 1.29 is 14.9 Å². The lowest BCUT2D eigenvalue weighted by Gasteiger charge is -2.26. The van der Waals surface area contributed by atoms with Crippen molar-refractivity contribution in [2.75, 3.05) is 6.61 Å². The van der Waals surface area contributed by atoms with Crippen LogP contribution in [-0.4, -0.2) is 35.1 Å². The van der Waals surface area contributed by atoms with Crippen molar-refractivity contribution >= 4 is 0 Å². The third kappa shape index (κ3) is 1.97. The van der Waals surface area contributed by atoms with E-state index < -0.39 is 6.10 Å². The van der Waals surface area contributed by atoms with Gasteiger partial charge in [0, 0.05) is 6.42 Å². The van der Waals surface area contributed by atoms with Crippen molar-refractivity contribution in [2.24, 2.45) is 5.41 Å². The highest BCUT2D eigenvalue weighted by Crippen LogP contribution is 2.33. The van der Waals surface area contributed by atoms with Crippen molar-refractivity contribution in [2.45, 2.75) is 45.5 Å². The first-order chi connectivity index (χ1) is 5.45. The standard InChI is InChI=1S/C9H18O3/c1-9(2,3)8-4-6(11)7(5-10)12-8/h6-8,10-11H,4-5H2,1-3H3/t6-,7-,8-/m1/s1. The van der Waals surface area contributed by atoms with Crippen LogP contribution in [0.4, 0.5) is 0 Å². The molecule has 1 heterocycles. The van der Waals surface area contributed by atoms with E-state index in [1.165, 1.54) is 0 Å². The van der Waals surface area contributed by atoms with Gasteiger partial charge in [0.25, 0.3) is 0 Å². The molecule has 0 saturated carbocycles. The molecule has 0 radical (unpaired) electrons. The molecule has 2 N–H and O–H groups in total. The quantitative estimate of drug-likeness (QED) is 0.610. The first-order valence-electron chi connectivity index (χ1n) is 4.39. The molecule has 72 valence electrons. The number of rotatable bonds is 1. The van der Waals surface area contributed by atoms with Gasteiger partial charge in [0.05, 0.1) is 18.8 Å². The minimum atomic E-state index is -0.501. The Labute approximate surface area is 73.4 Å². The predicted molar refractivity (Wildman–Crippen MR) is 45.8 cm³/mol. The van der Waals surface area contributed by atoms with Gasteiger partial charge in [0.1, 0.15) is 6.10 Å². The highest BCUT2D eigenvalue weighted by Gasteiger charge is 2.39. The third-order valence-electron chi connectivity index (χ3n) is 2.37. The molecular weight excluding hydrogens is 156 g/mol. The largest absolute Gasteiger partial charge is 0.394 e. The van der Waals surface area contributed by atoms with Crippen LogP contribution in [0.25, 0.3) is 0 Å². The Kier molecular flexibility index (Phi) is 2.76. The van der Waals surface area contributed by atoms with Gasteiger partial charge in [-0.25, -0.2) is 0 Å². The molecule has 1 fully saturated rings. The summed E-state index contributed by atoms with van der Waals surface area (Å²) in [4.78, 5) is 0. The molecular formula is C9H18O3. The Bertz CT molecular complexity index is 150. The van der Waals surface area contributed by atoms with Gasteiger partial charge in [-0.05, 0) is 5.41 Å². The van der Waals surface area contributed by atoms with Crippen molar-refractivity contribution in [3.05, 3.63) is 0 Å². The van der Waals surface area contributed by atoms with E-state index in [9.17, 15) is 5.11 Å². The fraction of sp³-hybridized carbons (Fsp3) is 1.00. The van der Waals surface area contributed by atoms with Crippen LogP contribution in [0.2, 0.25) is 0 Å². The first kappa shape index (κ1) is 9.96. The Balaban J connectivity index is 2.54. The number of aliphatic hydroxyl groups is 2. The van der Waals surface area contributed by atoms with Gasteiger partial charge in [-0.3, -0.25) is 0 Å². The lowest BCUT2D eigenvalue weighted by atomic mass is 9.87. The second kappa shape index (κ2) is 3.32. The van der Waals surface area contributed by atoms with Crippen molar-refractivity contribution in [3.8, 4) is 0 Å². The van der Waals surface area contributed by atoms with Crippen LogP contribution in [-0.2, 0) is 4.74 Å². The molecule has 0 unspecified atom stereocenters. The van der Waals surface area contributed by atoms with Gasteiger partial charge in [-0.1, -0.05) is 20.8 Å². The lowest BCUT2D eigenvalue weighted by Crippen LogP contribution is -2.27. The van der Waals surface area contributed by atoms with Crippen LogP contribution in [0.5, 0.6) is 0 Å². The molecule has 1 saturated heterocycles. The first-order valence-corrected chi connectivity index (χ1v) is 4.39. The summed E-state index contributed by atoms with van der Waals surface area (Å²) in [5.74, 6) is 0. The molecule has 0 amide bonds. The molecule has 3 atom stereocenters. The van der Waals surface area contributed by atoms with E-state index >= 15 is 0 Å². The van der Waals surface area contributed by atoms with Crippen molar-refractivity contribution in [3.63, 3.8) is 0 Å². The van der Waals surface area contributed by atoms with Crippen LogP contribution in [0, 0.1) is 5.41 Å². The fourth-order valence-electron chi connectivity index (χ4n) is 1.45. The molecule has 0 aromatic carbocycles. The topological polar surface area (TPSA) is 49.7 Å². The molecule has 0 bridgehead atoms. The van der Waals surface area contributed by atoms with Crippen molar-refractivity contribution in [1.29, 1.82) is 0 Å². The van der Waals surface area contributed by atoms with Gasteiger partial charge in [-0.2, -0.15) is 0 Å². The van der Waals surface area contributed by atoms with Gasteiger partial charge < -0.3 is 14.9 Å². The van der Waals surface area contributed by atoms with E-state index in [4.69, 9.17) is 9.84 Å². The normalized spacial score (nSPS) is 37.2. The maximum absolute atomic E-state index is 9.44. The molecule has 3 nitrogen and oxygen atoms in total. The third-order valence-corrected chi connectivity index (χ3v) is 2.37. The van der Waals surface area contributed by atoms with E-state index in [0.717, 1.165) is 0 Å². The highest BCUT2D eigenvalue weighted by molar-refractivity contribution is 4.87. The van der Waals surface area contributed by atoms with Crippen LogP contribution in [0.3, 0.4) is 0 Å². The maximum Gasteiger partial charge on any atom is 0.107 e. The number of ether oxygens (including phenoxy) is 1. The van der Waals surface area contributed by atoms with Crippen LogP contribution in [0.1, 0.15) is 27.2 Å². The molecule has 0 aromatic rings. The summed E-state index contributed by atoms with van der Waals surface area (Å²) in [5, 5.41) is 18.3. The van der Waals surface area contributed by atoms with Crippen LogP contribution >= 0.6 is 0 Å². The predicted octanol–water partition coefficient (Wildman–Crippen LogP) is 0.543. The van der Waals surface area contributed by atoms with E-state index in [2.05, 4.69) is 20.8 Å². The molecule has 0 spiro atoms. The molecule has 0 aromatic heterocycles. The fourth-order valence-corrected chi connectivity index (χ4v) is 1.45. The van der Waals surface area contributed by atoms with E-state index in [1.807, 2.05) is 0 Å². The van der Waals surface area contributed by atoms with Gasteiger partial charge in [0.2, 0.25) is 0 Å². The Morgan fingerprint density at radius 2 is 2.00 bits per heavy atom. The van der Waals surface area contributed by atoms with E-state index in [-0.39, 0.29) is 24.2 Å². The summed E-state index contributed by atoms with van der Waals surface area (Å²) in [7, 11) is 0. The maximum atomic E-state index is 9.44. The summed E-state index contributed by atoms with van der Waals surface area (Å²) < 4.78 is 5.49. The second-order valence-corrected chi connectivity index (χ2v) is 4.51. The number of hydrogen-bond acceptors (Lipinski definition) is 3. The monoisotopic (exact) mass is 174 g/mol. The van der Waals surface area contributed by atoms with Crippen molar-refractivity contribution in [1.82, 2.24) is 0 Å². The molecule has 1 aliphatic heterocycles. The number of aliphatic hydroxyl groups excluding tert-OH is 2. The molecule has 12 heavy (non-hydrogen) atoms. The van der Waals surface area contributed by atoms with Gasteiger partial charge >= 0.3 is 0 Å². The smallest absolute Gasteiger partial charge is 0.107 e. The molecule has 0 aliphatic carbocycles. The zero-order valence-electron chi connectivity index (χ0n) is 7.95. The minimum Gasteiger partial charge on any atom is -0.394 e. The SMILES string of the molecule is CC(C)(C)[C@H]1C[C@@H](O)[C@@H](CO)O1. The summed E-state index contributed by atoms with van der Waals surface area (Å²) >= 11 is 0. The Hall–Kier alpha value is -0.120. The van der Waals surface area contributed by atoms with E-state index in [0.29, 0.717) is 6.42 Å². The minimum absolute atomic E-state index is 0.0465. The molecule has 1 rings (SSSR count). The molecule has 3 heteroatoms. The lowest BCUT2D eigenvalue weighted by molar-refractivity contribution is -0.0526. The van der Waals surface area contributed by atoms with Crippen LogP contribution < -0.4 is 0 Å². The average molecular weight is 174 g/mol. The van der Waals surface area contributed by atoms with Gasteiger partial charge in [-0.15, -0.1) is 0 Å². The zero-order chi connectivity index (χ0) is 9.35. The summed E-state index contributed by atoms with van der Waals surface area (Å²) in [6.07, 6.45) is -0.188.